The van der Waals surface area contributed by atoms with Crippen LogP contribution in [0.3, 0.4) is 0 Å². The lowest BCUT2D eigenvalue weighted by Crippen LogP contribution is -2.45. The van der Waals surface area contributed by atoms with E-state index in [-0.39, 0.29) is 6.04 Å². The molecule has 1 saturated heterocycles. The highest BCUT2D eigenvalue weighted by atomic mass is 35.5. The number of pyridine rings is 1. The Morgan fingerprint density at radius 3 is 2.58 bits per heavy atom. The summed E-state index contributed by atoms with van der Waals surface area (Å²) in [5.41, 5.74) is 1.77. The molecule has 0 atom stereocenters. The zero-order chi connectivity index (χ0) is 17.1. The smallest absolute Gasteiger partial charge is 0.407 e. The SMILES string of the molecule is CN(C(=O)O)C1CCN(c2cccc(-c3ccccc3Cl)n2)CC1. The average Bonchev–Trinajstić information content (AvgIpc) is 2.61. The number of hydrogen-bond donors (Lipinski definition) is 1. The van der Waals surface area contributed by atoms with Crippen LogP contribution in [0.15, 0.2) is 42.5 Å². The molecule has 0 saturated carbocycles. The summed E-state index contributed by atoms with van der Waals surface area (Å²) in [4.78, 5) is 19.4. The van der Waals surface area contributed by atoms with E-state index in [9.17, 15) is 4.79 Å². The molecule has 6 heteroatoms. The minimum Gasteiger partial charge on any atom is -0.465 e. The molecule has 1 aliphatic rings. The van der Waals surface area contributed by atoms with Gasteiger partial charge >= 0.3 is 6.09 Å². The lowest BCUT2D eigenvalue weighted by molar-refractivity contribution is 0.131. The van der Waals surface area contributed by atoms with Gasteiger partial charge in [-0.2, -0.15) is 0 Å². The molecule has 0 spiro atoms. The van der Waals surface area contributed by atoms with Gasteiger partial charge in [0.1, 0.15) is 5.82 Å². The van der Waals surface area contributed by atoms with Crippen molar-refractivity contribution in [3.63, 3.8) is 0 Å². The van der Waals surface area contributed by atoms with Crippen molar-refractivity contribution >= 4 is 23.5 Å². The van der Waals surface area contributed by atoms with Gasteiger partial charge in [-0.05, 0) is 31.0 Å². The number of nitrogens with zero attached hydrogens (tertiary/aromatic N) is 3. The molecule has 0 aliphatic carbocycles. The largest absolute Gasteiger partial charge is 0.465 e. The summed E-state index contributed by atoms with van der Waals surface area (Å²) in [5.74, 6) is 0.906. The van der Waals surface area contributed by atoms with Gasteiger partial charge in [-0.1, -0.05) is 35.9 Å². The predicted octanol–water partition coefficient (Wildman–Crippen LogP) is 3.98. The molecule has 0 bridgehead atoms. The van der Waals surface area contributed by atoms with E-state index < -0.39 is 6.09 Å². The lowest BCUT2D eigenvalue weighted by atomic mass is 10.0. The molecule has 0 unspecified atom stereocenters. The van der Waals surface area contributed by atoms with Crippen molar-refractivity contribution in [1.82, 2.24) is 9.88 Å². The molecule has 0 radical (unpaired) electrons. The minimum absolute atomic E-state index is 0.0745. The summed E-state index contributed by atoms with van der Waals surface area (Å²) in [7, 11) is 1.64. The Balaban J connectivity index is 1.74. The quantitative estimate of drug-likeness (QED) is 0.914. The fourth-order valence-electron chi connectivity index (χ4n) is 3.06. The number of amides is 1. The number of anilines is 1. The van der Waals surface area contributed by atoms with E-state index in [1.807, 2.05) is 42.5 Å². The first-order chi connectivity index (χ1) is 11.6. The van der Waals surface area contributed by atoms with Gasteiger partial charge in [0.2, 0.25) is 0 Å². The number of carboxylic acid groups (broad SMARTS) is 1. The Labute approximate surface area is 146 Å². The zero-order valence-electron chi connectivity index (χ0n) is 13.5. The predicted molar refractivity (Wildman–Crippen MR) is 95.7 cm³/mol. The molecule has 1 aromatic carbocycles. The lowest BCUT2D eigenvalue weighted by Gasteiger charge is -2.36. The van der Waals surface area contributed by atoms with Gasteiger partial charge in [-0.15, -0.1) is 0 Å². The number of benzene rings is 1. The molecular weight excluding hydrogens is 326 g/mol. The van der Waals surface area contributed by atoms with Crippen LogP contribution in [-0.4, -0.2) is 47.3 Å². The first kappa shape index (κ1) is 16.6. The molecule has 3 rings (SSSR count). The summed E-state index contributed by atoms with van der Waals surface area (Å²) in [5, 5.41) is 9.78. The van der Waals surface area contributed by atoms with Gasteiger partial charge in [0.05, 0.1) is 5.69 Å². The van der Waals surface area contributed by atoms with Gasteiger partial charge < -0.3 is 14.9 Å². The van der Waals surface area contributed by atoms with Gasteiger partial charge in [0, 0.05) is 36.8 Å². The second-order valence-electron chi connectivity index (χ2n) is 5.97. The van der Waals surface area contributed by atoms with Crippen LogP contribution in [0.4, 0.5) is 10.6 Å². The summed E-state index contributed by atoms with van der Waals surface area (Å²) < 4.78 is 0. The van der Waals surface area contributed by atoms with Crippen molar-refractivity contribution in [3.05, 3.63) is 47.5 Å². The highest BCUT2D eigenvalue weighted by Crippen LogP contribution is 2.28. The molecule has 24 heavy (non-hydrogen) atoms. The van der Waals surface area contributed by atoms with E-state index >= 15 is 0 Å². The summed E-state index contributed by atoms with van der Waals surface area (Å²) in [6, 6.07) is 13.7. The van der Waals surface area contributed by atoms with Crippen LogP contribution in [0.5, 0.6) is 0 Å². The molecule has 2 aromatic rings. The number of halogens is 1. The second kappa shape index (κ2) is 7.09. The van der Waals surface area contributed by atoms with Crippen LogP contribution in [0.25, 0.3) is 11.3 Å². The van der Waals surface area contributed by atoms with Crippen molar-refractivity contribution in [2.75, 3.05) is 25.0 Å². The van der Waals surface area contributed by atoms with E-state index in [4.69, 9.17) is 21.7 Å². The van der Waals surface area contributed by atoms with Crippen molar-refractivity contribution in [2.24, 2.45) is 0 Å². The van der Waals surface area contributed by atoms with E-state index in [1.165, 1.54) is 4.90 Å². The first-order valence-corrected chi connectivity index (χ1v) is 8.36. The Hall–Kier alpha value is -2.27. The van der Waals surface area contributed by atoms with E-state index in [1.54, 1.807) is 7.05 Å². The summed E-state index contributed by atoms with van der Waals surface area (Å²) in [6.07, 6.45) is 0.744. The highest BCUT2D eigenvalue weighted by Gasteiger charge is 2.25. The number of piperidine rings is 1. The fourth-order valence-corrected chi connectivity index (χ4v) is 3.29. The molecule has 1 aromatic heterocycles. The third-order valence-corrected chi connectivity index (χ3v) is 4.85. The number of rotatable bonds is 3. The molecule has 1 amide bonds. The van der Waals surface area contributed by atoms with Crippen LogP contribution in [-0.2, 0) is 0 Å². The van der Waals surface area contributed by atoms with Gasteiger partial charge in [0.25, 0.3) is 0 Å². The topological polar surface area (TPSA) is 56.7 Å². The minimum atomic E-state index is -0.868. The maximum atomic E-state index is 11.1. The number of aromatic nitrogens is 1. The molecule has 1 aliphatic heterocycles. The molecule has 1 fully saturated rings. The molecular formula is C18H20ClN3O2. The van der Waals surface area contributed by atoms with E-state index in [0.29, 0.717) is 5.02 Å². The third kappa shape index (κ3) is 3.46. The van der Waals surface area contributed by atoms with E-state index in [2.05, 4.69) is 4.90 Å². The normalized spacial score (nSPS) is 15.3. The van der Waals surface area contributed by atoms with Crippen LogP contribution >= 0.6 is 11.6 Å². The Morgan fingerprint density at radius 2 is 1.92 bits per heavy atom. The first-order valence-electron chi connectivity index (χ1n) is 7.99. The van der Waals surface area contributed by atoms with Gasteiger partial charge in [0.15, 0.2) is 0 Å². The Bertz CT molecular complexity index is 730. The standard InChI is InChI=1S/C18H20ClN3O2/c1-21(18(23)24)13-9-11-22(12-10-13)17-8-4-7-16(20-17)14-5-2-3-6-15(14)19/h2-8,13H,9-12H2,1H3,(H,23,24). The van der Waals surface area contributed by atoms with Crippen molar-refractivity contribution in [2.45, 2.75) is 18.9 Å². The van der Waals surface area contributed by atoms with Gasteiger partial charge in [-0.3, -0.25) is 0 Å². The Kier molecular flexibility index (Phi) is 4.90. The zero-order valence-corrected chi connectivity index (χ0v) is 14.3. The van der Waals surface area contributed by atoms with E-state index in [0.717, 1.165) is 43.0 Å². The van der Waals surface area contributed by atoms with Crippen LogP contribution in [0.2, 0.25) is 5.02 Å². The fraction of sp³-hybridized carbons (Fsp3) is 0.333. The maximum Gasteiger partial charge on any atom is 0.407 e. The van der Waals surface area contributed by atoms with Crippen molar-refractivity contribution < 1.29 is 9.90 Å². The van der Waals surface area contributed by atoms with Crippen molar-refractivity contribution in [1.29, 1.82) is 0 Å². The average molecular weight is 346 g/mol. The second-order valence-corrected chi connectivity index (χ2v) is 6.38. The molecule has 126 valence electrons. The molecule has 5 nitrogen and oxygen atoms in total. The van der Waals surface area contributed by atoms with Crippen LogP contribution < -0.4 is 4.90 Å². The Morgan fingerprint density at radius 1 is 1.21 bits per heavy atom. The molecule has 1 N–H and O–H groups in total. The number of carbonyl (C=O) groups is 1. The summed E-state index contributed by atoms with van der Waals surface area (Å²) in [6.45, 7) is 1.59. The number of hydrogen-bond acceptors (Lipinski definition) is 3. The summed E-state index contributed by atoms with van der Waals surface area (Å²) >= 11 is 6.27. The third-order valence-electron chi connectivity index (χ3n) is 4.52. The van der Waals surface area contributed by atoms with Crippen LogP contribution in [0, 0.1) is 0 Å². The van der Waals surface area contributed by atoms with Crippen molar-refractivity contribution in [3.8, 4) is 11.3 Å². The van der Waals surface area contributed by atoms with Crippen LogP contribution in [0.1, 0.15) is 12.8 Å². The highest BCUT2D eigenvalue weighted by molar-refractivity contribution is 6.33. The monoisotopic (exact) mass is 345 g/mol. The molecule has 2 heterocycles. The van der Waals surface area contributed by atoms with Gasteiger partial charge in [-0.25, -0.2) is 9.78 Å². The maximum absolute atomic E-state index is 11.1.